The first kappa shape index (κ1) is 18.1. The van der Waals surface area contributed by atoms with Crippen LogP contribution >= 0.6 is 0 Å². The molecule has 0 aliphatic carbocycles. The molecule has 0 saturated carbocycles. The third-order valence-electron chi connectivity index (χ3n) is 5.17. The Morgan fingerprint density at radius 2 is 1.90 bits per heavy atom. The Morgan fingerprint density at radius 1 is 1.07 bits per heavy atom. The van der Waals surface area contributed by atoms with Crippen LogP contribution in [0.1, 0.15) is 43.8 Å². The lowest BCUT2D eigenvalue weighted by Crippen LogP contribution is -2.23. The summed E-state index contributed by atoms with van der Waals surface area (Å²) >= 11 is 0. The second-order valence-electron chi connectivity index (χ2n) is 7.25. The number of hydrogen-bond acceptors (Lipinski definition) is 5. The van der Waals surface area contributed by atoms with E-state index in [1.807, 2.05) is 30.3 Å². The van der Waals surface area contributed by atoms with Crippen LogP contribution in [0.2, 0.25) is 0 Å². The molecule has 148 valence electrons. The summed E-state index contributed by atoms with van der Waals surface area (Å²) in [6, 6.07) is 20.0. The van der Waals surface area contributed by atoms with Crippen LogP contribution in [-0.4, -0.2) is 16.9 Å². The molecule has 0 radical (unpaired) electrons. The highest BCUT2D eigenvalue weighted by atomic mass is 16.5. The number of anilines is 1. The summed E-state index contributed by atoms with van der Waals surface area (Å²) in [6.07, 6.45) is 0.165. The van der Waals surface area contributed by atoms with Crippen LogP contribution in [-0.2, 0) is 11.2 Å². The van der Waals surface area contributed by atoms with Gasteiger partial charge in [0.05, 0.1) is 5.56 Å². The summed E-state index contributed by atoms with van der Waals surface area (Å²) in [7, 11) is 0. The van der Waals surface area contributed by atoms with Crippen molar-refractivity contribution in [2.75, 3.05) is 5.32 Å². The van der Waals surface area contributed by atoms with Gasteiger partial charge >= 0.3 is 5.97 Å². The number of amides is 1. The van der Waals surface area contributed by atoms with Gasteiger partial charge in [0.1, 0.15) is 11.6 Å². The van der Waals surface area contributed by atoms with Crippen molar-refractivity contribution in [3.05, 3.63) is 94.9 Å². The monoisotopic (exact) mass is 398 g/mol. The zero-order valence-corrected chi connectivity index (χ0v) is 16.2. The Labute approximate surface area is 172 Å². The number of oxazole rings is 1. The highest BCUT2D eigenvalue weighted by molar-refractivity contribution is 6.06. The van der Waals surface area contributed by atoms with Gasteiger partial charge in [0, 0.05) is 24.6 Å². The minimum Gasteiger partial charge on any atom is -0.454 e. The standard InChI is InChI=1S/C24H18N2O4/c1-14-25-20-13-18(8-10-21(20)29-14)26-23(27)16-7-9-19-17(11-16)12-22(30-24(19)28)15-5-3-2-4-6-15/h2-11,13,22H,12H2,1H3,(H,26,27). The number of nitrogens with zero attached hydrogens (tertiary/aromatic N) is 1. The van der Waals surface area contributed by atoms with E-state index in [0.717, 1.165) is 11.1 Å². The number of rotatable bonds is 3. The average molecular weight is 398 g/mol. The van der Waals surface area contributed by atoms with E-state index in [1.165, 1.54) is 0 Å². The van der Waals surface area contributed by atoms with Crippen LogP contribution in [0.25, 0.3) is 11.1 Å². The van der Waals surface area contributed by atoms with Crippen LogP contribution in [0.5, 0.6) is 0 Å². The molecule has 0 bridgehead atoms. The van der Waals surface area contributed by atoms with Crippen molar-refractivity contribution in [3.63, 3.8) is 0 Å². The fraction of sp³-hybridized carbons (Fsp3) is 0.125. The molecule has 1 aliphatic rings. The number of cyclic esters (lactones) is 1. The number of carbonyl (C=O) groups is 2. The fourth-order valence-electron chi connectivity index (χ4n) is 3.71. The molecule has 1 aromatic heterocycles. The molecule has 4 aromatic rings. The number of esters is 1. The minimum atomic E-state index is -0.371. The number of aromatic nitrogens is 1. The van der Waals surface area contributed by atoms with E-state index in [2.05, 4.69) is 10.3 Å². The summed E-state index contributed by atoms with van der Waals surface area (Å²) in [4.78, 5) is 29.5. The summed E-state index contributed by atoms with van der Waals surface area (Å²) in [5.41, 5.74) is 4.69. The van der Waals surface area contributed by atoms with E-state index in [0.29, 0.717) is 40.2 Å². The Morgan fingerprint density at radius 3 is 2.73 bits per heavy atom. The average Bonchev–Trinajstić information content (AvgIpc) is 3.13. The van der Waals surface area contributed by atoms with Gasteiger partial charge in [-0.25, -0.2) is 9.78 Å². The molecule has 1 N–H and O–H groups in total. The minimum absolute atomic E-state index is 0.257. The highest BCUT2D eigenvalue weighted by Gasteiger charge is 2.28. The maximum Gasteiger partial charge on any atom is 0.339 e. The predicted octanol–water partition coefficient (Wildman–Crippen LogP) is 4.84. The topological polar surface area (TPSA) is 81.4 Å². The summed E-state index contributed by atoms with van der Waals surface area (Å²) in [5.74, 6) is -0.0560. The van der Waals surface area contributed by atoms with E-state index >= 15 is 0 Å². The molecule has 1 amide bonds. The highest BCUT2D eigenvalue weighted by Crippen LogP contribution is 2.31. The molecule has 6 heteroatoms. The quantitative estimate of drug-likeness (QED) is 0.499. The first-order valence-corrected chi connectivity index (χ1v) is 9.64. The Bertz CT molecular complexity index is 1280. The van der Waals surface area contributed by atoms with Crippen molar-refractivity contribution in [1.29, 1.82) is 0 Å². The second kappa shape index (κ2) is 7.15. The molecule has 6 nitrogen and oxygen atoms in total. The van der Waals surface area contributed by atoms with E-state index < -0.39 is 0 Å². The van der Waals surface area contributed by atoms with Gasteiger partial charge in [0.2, 0.25) is 0 Å². The summed E-state index contributed by atoms with van der Waals surface area (Å²) in [6.45, 7) is 1.78. The summed E-state index contributed by atoms with van der Waals surface area (Å²) in [5, 5.41) is 2.88. The first-order chi connectivity index (χ1) is 14.6. The Kier molecular flexibility index (Phi) is 4.32. The lowest BCUT2D eigenvalue weighted by molar-refractivity contribution is 0.0252. The Balaban J connectivity index is 1.40. The lowest BCUT2D eigenvalue weighted by Gasteiger charge is -2.25. The Hall–Kier alpha value is -3.93. The maximum absolute atomic E-state index is 12.8. The van der Waals surface area contributed by atoms with Crippen molar-refractivity contribution in [2.24, 2.45) is 0 Å². The largest absolute Gasteiger partial charge is 0.454 e. The molecule has 5 rings (SSSR count). The van der Waals surface area contributed by atoms with E-state index in [9.17, 15) is 9.59 Å². The van der Waals surface area contributed by atoms with Crippen molar-refractivity contribution in [1.82, 2.24) is 4.98 Å². The van der Waals surface area contributed by atoms with Crippen LogP contribution in [0.4, 0.5) is 5.69 Å². The van der Waals surface area contributed by atoms with Gasteiger partial charge in [0.15, 0.2) is 11.5 Å². The number of aryl methyl sites for hydroxylation is 1. The van der Waals surface area contributed by atoms with Gasteiger partial charge in [0.25, 0.3) is 5.91 Å². The molecule has 0 saturated heterocycles. The van der Waals surface area contributed by atoms with Gasteiger partial charge < -0.3 is 14.5 Å². The van der Waals surface area contributed by atoms with E-state index in [-0.39, 0.29) is 18.0 Å². The van der Waals surface area contributed by atoms with Gasteiger partial charge in [-0.05, 0) is 47.5 Å². The summed E-state index contributed by atoms with van der Waals surface area (Å²) < 4.78 is 11.0. The SMILES string of the molecule is Cc1nc2cc(NC(=O)c3ccc4c(c3)CC(c3ccccc3)OC4=O)ccc2o1. The van der Waals surface area contributed by atoms with Gasteiger partial charge in [-0.2, -0.15) is 0 Å². The first-order valence-electron chi connectivity index (χ1n) is 9.64. The second-order valence-corrected chi connectivity index (χ2v) is 7.25. The van der Waals surface area contributed by atoms with Crippen molar-refractivity contribution in [2.45, 2.75) is 19.4 Å². The molecule has 2 heterocycles. The van der Waals surface area contributed by atoms with Gasteiger partial charge in [-0.3, -0.25) is 4.79 Å². The number of nitrogens with one attached hydrogen (secondary N) is 1. The zero-order chi connectivity index (χ0) is 20.7. The van der Waals surface area contributed by atoms with Crippen LogP contribution < -0.4 is 5.32 Å². The smallest absolute Gasteiger partial charge is 0.339 e. The number of benzene rings is 3. The van der Waals surface area contributed by atoms with Crippen LogP contribution in [0, 0.1) is 6.92 Å². The molecular formula is C24H18N2O4. The molecule has 0 fully saturated rings. The number of ether oxygens (including phenoxy) is 1. The molecule has 0 spiro atoms. The van der Waals surface area contributed by atoms with Gasteiger partial charge in [-0.15, -0.1) is 0 Å². The lowest BCUT2D eigenvalue weighted by atomic mass is 9.93. The van der Waals surface area contributed by atoms with E-state index in [1.54, 1.807) is 43.3 Å². The third-order valence-corrected chi connectivity index (χ3v) is 5.17. The van der Waals surface area contributed by atoms with Crippen molar-refractivity contribution >= 4 is 28.7 Å². The predicted molar refractivity (Wildman–Crippen MR) is 111 cm³/mol. The molecule has 30 heavy (non-hydrogen) atoms. The third kappa shape index (κ3) is 3.33. The zero-order valence-electron chi connectivity index (χ0n) is 16.2. The fourth-order valence-corrected chi connectivity index (χ4v) is 3.71. The van der Waals surface area contributed by atoms with Crippen molar-refractivity contribution in [3.8, 4) is 0 Å². The normalized spacial score (nSPS) is 15.5. The van der Waals surface area contributed by atoms with E-state index in [4.69, 9.17) is 9.15 Å². The number of hydrogen-bond donors (Lipinski definition) is 1. The number of carbonyl (C=O) groups excluding carboxylic acids is 2. The molecule has 1 aliphatic heterocycles. The van der Waals surface area contributed by atoms with Crippen LogP contribution in [0.15, 0.2) is 71.1 Å². The molecule has 1 atom stereocenters. The molecule has 1 unspecified atom stereocenters. The van der Waals surface area contributed by atoms with Crippen LogP contribution in [0.3, 0.4) is 0 Å². The molecule has 3 aromatic carbocycles. The van der Waals surface area contributed by atoms with Gasteiger partial charge in [-0.1, -0.05) is 30.3 Å². The van der Waals surface area contributed by atoms with Crippen molar-refractivity contribution < 1.29 is 18.7 Å². The molecular weight excluding hydrogens is 380 g/mol. The number of fused-ring (bicyclic) bond motifs is 2. The maximum atomic E-state index is 12.8.